The van der Waals surface area contributed by atoms with E-state index in [-0.39, 0.29) is 12.6 Å². The number of carbonyl (C=O) groups is 2. The first-order valence-electron chi connectivity index (χ1n) is 5.65. The molecule has 1 fully saturated rings. The Morgan fingerprint density at radius 2 is 1.94 bits per heavy atom. The van der Waals surface area contributed by atoms with Crippen LogP contribution in [0.25, 0.3) is 0 Å². The molecule has 92 valence electrons. The zero-order chi connectivity index (χ0) is 12.3. The molecule has 0 atom stereocenters. The summed E-state index contributed by atoms with van der Waals surface area (Å²) in [5.74, 6) is -0.570. The highest BCUT2D eigenvalue weighted by molar-refractivity contribution is 5.80. The average Bonchev–Trinajstić information content (AvgIpc) is 2.94. The van der Waals surface area contributed by atoms with Gasteiger partial charge in [0.15, 0.2) is 0 Å². The van der Waals surface area contributed by atoms with Crippen molar-refractivity contribution in [1.29, 1.82) is 0 Å². The molecule has 1 aliphatic rings. The van der Waals surface area contributed by atoms with Gasteiger partial charge in [0.25, 0.3) is 0 Å². The fourth-order valence-electron chi connectivity index (χ4n) is 1.65. The van der Waals surface area contributed by atoms with Gasteiger partial charge in [-0.05, 0) is 18.8 Å². The number of hydrogen-bond donors (Lipinski definition) is 1. The summed E-state index contributed by atoms with van der Waals surface area (Å²) in [7, 11) is 1.53. The zero-order valence-electron chi connectivity index (χ0n) is 10.1. The van der Waals surface area contributed by atoms with Crippen LogP contribution in [0.5, 0.6) is 0 Å². The minimum Gasteiger partial charge on any atom is -0.480 e. The van der Waals surface area contributed by atoms with Crippen LogP contribution in [-0.4, -0.2) is 53.1 Å². The van der Waals surface area contributed by atoms with Gasteiger partial charge in [0, 0.05) is 19.6 Å². The number of aliphatic carboxylic acids is 1. The van der Waals surface area contributed by atoms with Crippen LogP contribution < -0.4 is 0 Å². The average molecular weight is 228 g/mol. The maximum atomic E-state index is 12.0. The van der Waals surface area contributed by atoms with Crippen LogP contribution in [0.1, 0.15) is 26.7 Å². The van der Waals surface area contributed by atoms with E-state index in [1.165, 1.54) is 11.9 Å². The van der Waals surface area contributed by atoms with Crippen molar-refractivity contribution >= 4 is 12.0 Å². The molecule has 1 rings (SSSR count). The second-order valence-corrected chi connectivity index (χ2v) is 4.81. The third-order valence-electron chi connectivity index (χ3n) is 2.49. The summed E-state index contributed by atoms with van der Waals surface area (Å²) in [5, 5.41) is 8.64. The van der Waals surface area contributed by atoms with Crippen molar-refractivity contribution in [1.82, 2.24) is 9.80 Å². The first-order valence-corrected chi connectivity index (χ1v) is 5.65. The molecule has 0 spiro atoms. The number of carboxylic acid groups (broad SMARTS) is 1. The lowest BCUT2D eigenvalue weighted by Crippen LogP contribution is -2.45. The monoisotopic (exact) mass is 228 g/mol. The van der Waals surface area contributed by atoms with E-state index in [4.69, 9.17) is 5.11 Å². The van der Waals surface area contributed by atoms with Gasteiger partial charge in [-0.3, -0.25) is 4.79 Å². The maximum absolute atomic E-state index is 12.0. The van der Waals surface area contributed by atoms with Gasteiger partial charge in [0.05, 0.1) is 0 Å². The number of amides is 2. The molecule has 0 bridgehead atoms. The Bertz CT molecular complexity index is 274. The van der Waals surface area contributed by atoms with Crippen LogP contribution in [0.3, 0.4) is 0 Å². The Morgan fingerprint density at radius 3 is 2.31 bits per heavy atom. The molecule has 2 amide bonds. The van der Waals surface area contributed by atoms with E-state index in [1.807, 2.05) is 0 Å². The van der Waals surface area contributed by atoms with Crippen molar-refractivity contribution in [2.45, 2.75) is 32.7 Å². The molecule has 5 nitrogen and oxygen atoms in total. The van der Waals surface area contributed by atoms with Crippen molar-refractivity contribution in [2.75, 3.05) is 20.1 Å². The molecule has 0 unspecified atom stereocenters. The molecule has 0 aromatic carbocycles. The second kappa shape index (κ2) is 5.18. The summed E-state index contributed by atoms with van der Waals surface area (Å²) < 4.78 is 0. The van der Waals surface area contributed by atoms with Gasteiger partial charge in [0.2, 0.25) is 0 Å². The van der Waals surface area contributed by atoms with E-state index in [9.17, 15) is 9.59 Å². The number of carboxylic acids is 1. The number of rotatable bonds is 5. The van der Waals surface area contributed by atoms with Gasteiger partial charge in [-0.15, -0.1) is 0 Å². The summed E-state index contributed by atoms with van der Waals surface area (Å²) in [5.41, 5.74) is 0. The van der Waals surface area contributed by atoms with Crippen LogP contribution in [0.4, 0.5) is 4.79 Å². The summed E-state index contributed by atoms with van der Waals surface area (Å²) in [6.07, 6.45) is 2.08. The third kappa shape index (κ3) is 3.72. The smallest absolute Gasteiger partial charge is 0.323 e. The van der Waals surface area contributed by atoms with Gasteiger partial charge in [-0.1, -0.05) is 13.8 Å². The van der Waals surface area contributed by atoms with Crippen molar-refractivity contribution < 1.29 is 14.7 Å². The molecular formula is C11H20N2O3. The normalized spacial score (nSPS) is 15.0. The van der Waals surface area contributed by atoms with E-state index in [2.05, 4.69) is 13.8 Å². The molecule has 0 heterocycles. The van der Waals surface area contributed by atoms with Crippen LogP contribution in [-0.2, 0) is 4.79 Å². The van der Waals surface area contributed by atoms with Gasteiger partial charge in [0.1, 0.15) is 6.54 Å². The third-order valence-corrected chi connectivity index (χ3v) is 2.49. The fraction of sp³-hybridized carbons (Fsp3) is 0.818. The van der Waals surface area contributed by atoms with E-state index in [0.717, 1.165) is 12.8 Å². The van der Waals surface area contributed by atoms with E-state index < -0.39 is 5.97 Å². The van der Waals surface area contributed by atoms with Crippen molar-refractivity contribution in [3.8, 4) is 0 Å². The minimum atomic E-state index is -0.976. The van der Waals surface area contributed by atoms with Crippen molar-refractivity contribution in [2.24, 2.45) is 5.92 Å². The highest BCUT2D eigenvalue weighted by Gasteiger charge is 2.34. The molecule has 1 aliphatic carbocycles. The Kier molecular flexibility index (Phi) is 4.15. The molecule has 1 saturated carbocycles. The van der Waals surface area contributed by atoms with E-state index in [1.54, 1.807) is 4.90 Å². The lowest BCUT2D eigenvalue weighted by atomic mass is 10.2. The summed E-state index contributed by atoms with van der Waals surface area (Å²) in [4.78, 5) is 25.6. The number of urea groups is 1. The number of nitrogens with zero attached hydrogens (tertiary/aromatic N) is 2. The second-order valence-electron chi connectivity index (χ2n) is 4.81. The van der Waals surface area contributed by atoms with Gasteiger partial charge in [-0.25, -0.2) is 4.79 Å². The Morgan fingerprint density at radius 1 is 1.38 bits per heavy atom. The largest absolute Gasteiger partial charge is 0.480 e. The van der Waals surface area contributed by atoms with Crippen LogP contribution in [0.2, 0.25) is 0 Å². The summed E-state index contributed by atoms with van der Waals surface area (Å²) >= 11 is 0. The first-order chi connectivity index (χ1) is 7.41. The molecule has 0 radical (unpaired) electrons. The molecule has 0 aromatic rings. The fourth-order valence-corrected chi connectivity index (χ4v) is 1.65. The van der Waals surface area contributed by atoms with Crippen molar-refractivity contribution in [3.63, 3.8) is 0 Å². The highest BCUT2D eigenvalue weighted by Crippen LogP contribution is 2.28. The predicted molar refractivity (Wildman–Crippen MR) is 60.2 cm³/mol. The lowest BCUT2D eigenvalue weighted by Gasteiger charge is -2.28. The number of likely N-dealkylation sites (N-methyl/N-ethyl adjacent to an activating group) is 1. The molecule has 5 heteroatoms. The Labute approximate surface area is 96.0 Å². The zero-order valence-corrected chi connectivity index (χ0v) is 10.1. The van der Waals surface area contributed by atoms with Crippen molar-refractivity contribution in [3.05, 3.63) is 0 Å². The topological polar surface area (TPSA) is 60.9 Å². The standard InChI is InChI=1S/C11H20N2O3/c1-8(2)6-13(9-4-5-9)11(16)12(3)7-10(14)15/h8-9H,4-7H2,1-3H3,(H,14,15). The van der Waals surface area contributed by atoms with Gasteiger partial charge >= 0.3 is 12.0 Å². The van der Waals surface area contributed by atoms with E-state index in [0.29, 0.717) is 18.5 Å². The SMILES string of the molecule is CC(C)CN(C(=O)N(C)CC(=O)O)C1CC1. The predicted octanol–water partition coefficient (Wildman–Crippen LogP) is 1.24. The lowest BCUT2D eigenvalue weighted by molar-refractivity contribution is -0.137. The highest BCUT2D eigenvalue weighted by atomic mass is 16.4. The van der Waals surface area contributed by atoms with Gasteiger partial charge in [-0.2, -0.15) is 0 Å². The molecule has 1 N–H and O–H groups in total. The van der Waals surface area contributed by atoms with Crippen LogP contribution >= 0.6 is 0 Å². The Balaban J connectivity index is 2.55. The summed E-state index contributed by atoms with van der Waals surface area (Å²) in [6, 6.07) is 0.157. The minimum absolute atomic E-state index is 0.168. The quantitative estimate of drug-likeness (QED) is 0.770. The maximum Gasteiger partial charge on any atom is 0.323 e. The number of carbonyl (C=O) groups excluding carboxylic acids is 1. The first kappa shape index (κ1) is 12.8. The van der Waals surface area contributed by atoms with Crippen LogP contribution in [0.15, 0.2) is 0 Å². The molecule has 0 aromatic heterocycles. The molecule has 0 saturated heterocycles. The summed E-state index contributed by atoms with van der Waals surface area (Å²) in [6.45, 7) is 4.58. The van der Waals surface area contributed by atoms with Crippen LogP contribution in [0, 0.1) is 5.92 Å². The molecule has 16 heavy (non-hydrogen) atoms. The van der Waals surface area contributed by atoms with E-state index >= 15 is 0 Å². The van der Waals surface area contributed by atoms with Gasteiger partial charge < -0.3 is 14.9 Å². The number of hydrogen-bond acceptors (Lipinski definition) is 2. The Hall–Kier alpha value is -1.26. The molecular weight excluding hydrogens is 208 g/mol. The molecule has 0 aliphatic heterocycles.